The molecule has 17 nitrogen and oxygen atoms in total. The fourth-order valence-electron chi connectivity index (χ4n) is 6.45. The van der Waals surface area contributed by atoms with Crippen LogP contribution in [0.2, 0.25) is 0 Å². The van der Waals surface area contributed by atoms with E-state index in [2.05, 4.69) is 4.98 Å². The zero-order valence-electron chi connectivity index (χ0n) is 30.1. The summed E-state index contributed by atoms with van der Waals surface area (Å²) in [5, 5.41) is 30.0. The highest BCUT2D eigenvalue weighted by atomic mass is 16.4. The van der Waals surface area contributed by atoms with Gasteiger partial charge in [-0.25, -0.2) is 0 Å². The molecule has 0 aliphatic carbocycles. The number of para-hydroxylation sites is 1. The van der Waals surface area contributed by atoms with Gasteiger partial charge in [0.05, 0.1) is 48.4 Å². The summed E-state index contributed by atoms with van der Waals surface area (Å²) in [5.74, 6) is -8.70. The van der Waals surface area contributed by atoms with Gasteiger partial charge in [0.15, 0.2) is 23.1 Å². The number of anilines is 1. The molecule has 17 heteroatoms. The number of nitrogens with zero attached hydrogens (tertiary/aromatic N) is 1. The standard InChI is InChI=1S/C38H43N7O10/c1-17-30(35(52)24(42)12-20-15-44-26-6-4-3-5-22(20)26)32(27(47)14-39)33(37(54)23(41)11-19-7-9-21(46)10-8-19)34(31(17)36(53)25(43)13-28(48)49)45(16-29(50)51)38(55)18(2)40/h3-10,15,18,23-25,44,46H,11-14,16,39-43H2,1-2H3,(H,48,49)(H,50,51). The largest absolute Gasteiger partial charge is 0.508 e. The highest BCUT2D eigenvalue weighted by Crippen LogP contribution is 2.39. The highest BCUT2D eigenvalue weighted by molar-refractivity contribution is 6.26. The van der Waals surface area contributed by atoms with Gasteiger partial charge in [0.1, 0.15) is 12.3 Å². The molecule has 1 aromatic heterocycles. The lowest BCUT2D eigenvalue weighted by molar-refractivity contribution is -0.137. The number of carbonyl (C=O) groups excluding carboxylic acids is 5. The van der Waals surface area contributed by atoms with Crippen molar-refractivity contribution in [2.24, 2.45) is 28.7 Å². The van der Waals surface area contributed by atoms with E-state index in [4.69, 9.17) is 28.7 Å². The number of phenolic OH excluding ortho intramolecular Hbond substituents is 1. The number of amides is 1. The molecule has 290 valence electrons. The first kappa shape index (κ1) is 41.6. The van der Waals surface area contributed by atoms with Gasteiger partial charge in [-0.2, -0.15) is 0 Å². The van der Waals surface area contributed by atoms with Gasteiger partial charge in [-0.15, -0.1) is 0 Å². The van der Waals surface area contributed by atoms with Crippen molar-refractivity contribution < 1.29 is 48.9 Å². The molecule has 0 radical (unpaired) electrons. The first-order valence-corrected chi connectivity index (χ1v) is 17.1. The molecule has 1 heterocycles. The van der Waals surface area contributed by atoms with Gasteiger partial charge in [0.2, 0.25) is 5.91 Å². The van der Waals surface area contributed by atoms with Gasteiger partial charge >= 0.3 is 11.9 Å². The summed E-state index contributed by atoms with van der Waals surface area (Å²) in [6, 6.07) is 6.40. The number of aromatic hydroxyl groups is 1. The van der Waals surface area contributed by atoms with Crippen LogP contribution in [-0.4, -0.2) is 98.5 Å². The number of aromatic nitrogens is 1. The van der Waals surface area contributed by atoms with Crippen molar-refractivity contribution in [2.75, 3.05) is 18.0 Å². The molecule has 4 rings (SSSR count). The van der Waals surface area contributed by atoms with E-state index in [1.165, 1.54) is 38.1 Å². The number of Topliss-reactive ketones (excluding diaryl/α,β-unsaturated/α-hetero) is 4. The van der Waals surface area contributed by atoms with Gasteiger partial charge in [-0.3, -0.25) is 38.5 Å². The van der Waals surface area contributed by atoms with Crippen molar-refractivity contribution in [1.82, 2.24) is 4.98 Å². The number of H-pyrrole nitrogens is 1. The van der Waals surface area contributed by atoms with Crippen LogP contribution in [0.1, 0.15) is 71.5 Å². The minimum absolute atomic E-state index is 0.0907. The second kappa shape index (κ2) is 17.4. The van der Waals surface area contributed by atoms with Gasteiger partial charge < -0.3 is 49.0 Å². The van der Waals surface area contributed by atoms with E-state index in [1.54, 1.807) is 30.5 Å². The van der Waals surface area contributed by atoms with Gasteiger partial charge in [0.25, 0.3) is 0 Å². The number of benzene rings is 3. The second-order valence-electron chi connectivity index (χ2n) is 13.2. The number of phenols is 1. The van der Waals surface area contributed by atoms with E-state index in [9.17, 15) is 48.9 Å². The van der Waals surface area contributed by atoms with Crippen molar-refractivity contribution >= 4 is 57.6 Å². The number of ketones is 4. The Hall–Kier alpha value is -6.11. The molecule has 0 aliphatic rings. The van der Waals surface area contributed by atoms with Gasteiger partial charge in [0, 0.05) is 33.8 Å². The summed E-state index contributed by atoms with van der Waals surface area (Å²) < 4.78 is 0. The van der Waals surface area contributed by atoms with E-state index >= 15 is 0 Å². The fourth-order valence-corrected chi connectivity index (χ4v) is 6.45. The van der Waals surface area contributed by atoms with E-state index in [1.807, 2.05) is 0 Å². The van der Waals surface area contributed by atoms with Crippen LogP contribution in [0.5, 0.6) is 5.75 Å². The molecule has 0 bridgehead atoms. The van der Waals surface area contributed by atoms with E-state index < -0.39 is 113 Å². The normalized spacial score (nSPS) is 13.4. The molecule has 0 aliphatic heterocycles. The van der Waals surface area contributed by atoms with Crippen LogP contribution in [0.25, 0.3) is 10.9 Å². The zero-order chi connectivity index (χ0) is 40.9. The summed E-state index contributed by atoms with van der Waals surface area (Å²) in [6.45, 7) is 0.359. The Morgan fingerprint density at radius 1 is 0.745 bits per heavy atom. The van der Waals surface area contributed by atoms with Crippen molar-refractivity contribution in [3.63, 3.8) is 0 Å². The highest BCUT2D eigenvalue weighted by Gasteiger charge is 2.41. The number of hydrogen-bond acceptors (Lipinski definition) is 13. The fraction of sp³-hybridized carbons (Fsp3) is 0.289. The molecule has 14 N–H and O–H groups in total. The van der Waals surface area contributed by atoms with Crippen LogP contribution in [0.4, 0.5) is 5.69 Å². The third-order valence-electron chi connectivity index (χ3n) is 9.06. The predicted molar refractivity (Wildman–Crippen MR) is 201 cm³/mol. The number of aromatic amines is 1. The van der Waals surface area contributed by atoms with Crippen LogP contribution in [-0.2, 0) is 27.2 Å². The first-order chi connectivity index (χ1) is 25.9. The molecular weight excluding hydrogens is 714 g/mol. The minimum Gasteiger partial charge on any atom is -0.508 e. The lowest BCUT2D eigenvalue weighted by Gasteiger charge is -2.32. The van der Waals surface area contributed by atoms with Gasteiger partial charge in [-0.05, 0) is 61.6 Å². The number of fused-ring (bicyclic) bond motifs is 1. The average Bonchev–Trinajstić information content (AvgIpc) is 3.54. The summed E-state index contributed by atoms with van der Waals surface area (Å²) in [7, 11) is 0. The quantitative estimate of drug-likeness (QED) is 0.0627. The van der Waals surface area contributed by atoms with E-state index in [0.717, 1.165) is 10.9 Å². The van der Waals surface area contributed by atoms with Crippen molar-refractivity contribution in [2.45, 2.75) is 57.3 Å². The number of nitrogens with one attached hydrogen (secondary N) is 1. The molecule has 0 spiro atoms. The molecule has 0 fully saturated rings. The number of aliphatic carboxylic acids is 2. The number of carbonyl (C=O) groups is 7. The van der Waals surface area contributed by atoms with Crippen LogP contribution >= 0.6 is 0 Å². The second-order valence-corrected chi connectivity index (χ2v) is 13.2. The smallest absolute Gasteiger partial charge is 0.323 e. The Balaban J connectivity index is 2.15. The van der Waals surface area contributed by atoms with Crippen LogP contribution in [0.15, 0.2) is 54.7 Å². The lowest BCUT2D eigenvalue weighted by atomic mass is 9.78. The molecule has 55 heavy (non-hydrogen) atoms. The Bertz CT molecular complexity index is 2180. The van der Waals surface area contributed by atoms with Crippen molar-refractivity contribution in [3.8, 4) is 5.75 Å². The van der Waals surface area contributed by atoms with E-state index in [-0.39, 0.29) is 24.2 Å². The number of hydrogen-bond donors (Lipinski definition) is 9. The van der Waals surface area contributed by atoms with Gasteiger partial charge in [-0.1, -0.05) is 30.3 Å². The summed E-state index contributed by atoms with van der Waals surface area (Å²) in [4.78, 5) is 99.2. The molecule has 4 unspecified atom stereocenters. The third kappa shape index (κ3) is 8.99. The van der Waals surface area contributed by atoms with Crippen molar-refractivity contribution in [3.05, 3.63) is 93.7 Å². The molecule has 0 saturated carbocycles. The molecule has 0 saturated heterocycles. The Labute approximate surface area is 314 Å². The maximum Gasteiger partial charge on any atom is 0.323 e. The predicted octanol–water partition coefficient (Wildman–Crippen LogP) is 0.578. The van der Waals surface area contributed by atoms with E-state index in [0.29, 0.717) is 16.0 Å². The molecule has 3 aromatic carbocycles. The monoisotopic (exact) mass is 757 g/mol. The number of carboxylic acids is 2. The van der Waals surface area contributed by atoms with Crippen LogP contribution in [0, 0.1) is 6.92 Å². The Morgan fingerprint density at radius 3 is 1.91 bits per heavy atom. The summed E-state index contributed by atoms with van der Waals surface area (Å²) in [5.41, 5.74) is 28.8. The maximum absolute atomic E-state index is 14.8. The Morgan fingerprint density at radius 2 is 1.33 bits per heavy atom. The number of carboxylic acid groups (broad SMARTS) is 2. The Kier molecular flexibility index (Phi) is 13.1. The average molecular weight is 758 g/mol. The third-order valence-corrected chi connectivity index (χ3v) is 9.06. The number of rotatable bonds is 18. The molecule has 4 aromatic rings. The topological polar surface area (TPSA) is 329 Å². The van der Waals surface area contributed by atoms with Crippen LogP contribution in [0.3, 0.4) is 0 Å². The summed E-state index contributed by atoms with van der Waals surface area (Å²) in [6.07, 6.45) is 0.308. The van der Waals surface area contributed by atoms with Crippen molar-refractivity contribution in [1.29, 1.82) is 0 Å². The lowest BCUT2D eigenvalue weighted by Crippen LogP contribution is -2.48. The minimum atomic E-state index is -1.86. The first-order valence-electron chi connectivity index (χ1n) is 17.1. The molecular formula is C38H43N7O10. The molecule has 1 amide bonds. The SMILES string of the molecule is Cc1c(C(=O)C(N)Cc2c[nH]c3ccccc23)c(C(=O)CN)c(C(=O)C(N)Cc2ccc(O)cc2)c(N(CC(=O)O)C(=O)C(C)N)c1C(=O)C(N)CC(=O)O. The zero-order valence-corrected chi connectivity index (χ0v) is 30.1. The summed E-state index contributed by atoms with van der Waals surface area (Å²) >= 11 is 0. The maximum atomic E-state index is 14.8. The van der Waals surface area contributed by atoms with Crippen LogP contribution < -0.4 is 33.6 Å². The molecule has 4 atom stereocenters. The number of nitrogens with two attached hydrogens (primary N) is 5.